The first-order valence-electron chi connectivity index (χ1n) is 9.18. The highest BCUT2D eigenvalue weighted by atomic mass is 32.2. The molecule has 0 radical (unpaired) electrons. The molecule has 0 atom stereocenters. The van der Waals surface area contributed by atoms with Crippen LogP contribution in [-0.2, 0) is 10.2 Å². The van der Waals surface area contributed by atoms with Crippen molar-refractivity contribution in [1.29, 1.82) is 0 Å². The van der Waals surface area contributed by atoms with Crippen LogP contribution in [0.5, 0.6) is 5.75 Å². The van der Waals surface area contributed by atoms with E-state index in [2.05, 4.69) is 4.90 Å². The van der Waals surface area contributed by atoms with Gasteiger partial charge in [-0.05, 0) is 37.1 Å². The van der Waals surface area contributed by atoms with Crippen molar-refractivity contribution in [3.8, 4) is 17.0 Å². The minimum atomic E-state index is -3.30. The predicted octanol–water partition coefficient (Wildman–Crippen LogP) is 2.28. The van der Waals surface area contributed by atoms with Gasteiger partial charge in [0.05, 0.1) is 12.8 Å². The van der Waals surface area contributed by atoms with Crippen LogP contribution in [0.1, 0.15) is 12.8 Å². The van der Waals surface area contributed by atoms with Gasteiger partial charge in [0.25, 0.3) is 10.2 Å². The Morgan fingerprint density at radius 3 is 2.22 bits per heavy atom. The summed E-state index contributed by atoms with van der Waals surface area (Å²) in [6.45, 7) is 3.67. The van der Waals surface area contributed by atoms with Crippen LogP contribution in [-0.4, -0.2) is 68.4 Å². The average molecular weight is 409 g/mol. The highest BCUT2D eigenvalue weighted by Crippen LogP contribution is 2.29. The summed E-state index contributed by atoms with van der Waals surface area (Å²) in [7, 11) is -1.65. The molecule has 2 fully saturated rings. The molecular formula is C18H24N4O3S2. The second-order valence-electron chi connectivity index (χ2n) is 6.74. The number of rotatable bonds is 5. The lowest BCUT2D eigenvalue weighted by atomic mass is 10.2. The fourth-order valence-corrected chi connectivity index (χ4v) is 6.06. The fraction of sp³-hybridized carbons (Fsp3) is 0.500. The van der Waals surface area contributed by atoms with Gasteiger partial charge in [-0.2, -0.15) is 17.0 Å². The lowest BCUT2D eigenvalue weighted by Gasteiger charge is -2.35. The SMILES string of the molecule is COc1ccc(-c2csc(N3CCN(S(=O)(=O)N4CCCC4)CC3)n2)cc1. The first-order valence-corrected chi connectivity index (χ1v) is 11.5. The number of aromatic nitrogens is 1. The maximum absolute atomic E-state index is 12.7. The van der Waals surface area contributed by atoms with Crippen LogP contribution in [0.4, 0.5) is 5.13 Å². The number of benzene rings is 1. The third-order valence-electron chi connectivity index (χ3n) is 5.10. The molecule has 7 nitrogen and oxygen atoms in total. The van der Waals surface area contributed by atoms with Crippen LogP contribution in [0.2, 0.25) is 0 Å². The topological polar surface area (TPSA) is 66.0 Å². The van der Waals surface area contributed by atoms with E-state index >= 15 is 0 Å². The first-order chi connectivity index (χ1) is 13.1. The second kappa shape index (κ2) is 7.75. The van der Waals surface area contributed by atoms with E-state index in [1.165, 1.54) is 0 Å². The van der Waals surface area contributed by atoms with Crippen molar-refractivity contribution in [3.63, 3.8) is 0 Å². The van der Waals surface area contributed by atoms with E-state index in [1.54, 1.807) is 27.1 Å². The Morgan fingerprint density at radius 1 is 0.963 bits per heavy atom. The van der Waals surface area contributed by atoms with E-state index in [0.29, 0.717) is 39.3 Å². The first kappa shape index (κ1) is 18.7. The molecule has 3 heterocycles. The van der Waals surface area contributed by atoms with E-state index in [4.69, 9.17) is 9.72 Å². The number of piperazine rings is 1. The summed E-state index contributed by atoms with van der Waals surface area (Å²) < 4.78 is 33.8. The standard InChI is InChI=1S/C18H24N4O3S2/c1-25-16-6-4-15(5-7-16)17-14-26-18(19-17)20-10-12-22(13-11-20)27(23,24)21-8-2-3-9-21/h4-7,14H,2-3,8-13H2,1H3. The van der Waals surface area contributed by atoms with Crippen molar-refractivity contribution >= 4 is 26.7 Å². The Balaban J connectivity index is 1.40. The van der Waals surface area contributed by atoms with E-state index in [1.807, 2.05) is 29.6 Å². The Labute approximate surface area is 164 Å². The lowest BCUT2D eigenvalue weighted by Crippen LogP contribution is -2.52. The molecule has 0 unspecified atom stereocenters. The molecule has 0 aliphatic carbocycles. The molecule has 2 aromatic rings. The average Bonchev–Trinajstić information content (AvgIpc) is 3.41. The highest BCUT2D eigenvalue weighted by molar-refractivity contribution is 7.86. The lowest BCUT2D eigenvalue weighted by molar-refractivity contribution is 0.343. The summed E-state index contributed by atoms with van der Waals surface area (Å²) >= 11 is 1.60. The van der Waals surface area contributed by atoms with Gasteiger partial charge >= 0.3 is 0 Å². The molecule has 0 saturated carbocycles. The molecule has 2 aliphatic rings. The summed E-state index contributed by atoms with van der Waals surface area (Å²) in [5.74, 6) is 0.824. The highest BCUT2D eigenvalue weighted by Gasteiger charge is 2.34. The van der Waals surface area contributed by atoms with Gasteiger partial charge in [-0.3, -0.25) is 0 Å². The van der Waals surface area contributed by atoms with Gasteiger partial charge < -0.3 is 9.64 Å². The molecule has 0 amide bonds. The normalized spacial score (nSPS) is 19.5. The minimum absolute atomic E-state index is 0.510. The molecule has 2 saturated heterocycles. The molecule has 9 heteroatoms. The van der Waals surface area contributed by atoms with Gasteiger partial charge in [0, 0.05) is 50.2 Å². The molecule has 0 spiro atoms. The van der Waals surface area contributed by atoms with Crippen LogP contribution < -0.4 is 9.64 Å². The summed E-state index contributed by atoms with van der Waals surface area (Å²) in [6, 6.07) is 7.85. The molecule has 4 rings (SSSR count). The van der Waals surface area contributed by atoms with E-state index < -0.39 is 10.2 Å². The zero-order valence-electron chi connectivity index (χ0n) is 15.4. The number of hydrogen-bond acceptors (Lipinski definition) is 6. The van der Waals surface area contributed by atoms with Crippen LogP contribution in [0.3, 0.4) is 0 Å². The van der Waals surface area contributed by atoms with Gasteiger partial charge in [-0.25, -0.2) is 4.98 Å². The molecule has 1 aromatic heterocycles. The zero-order chi connectivity index (χ0) is 18.9. The zero-order valence-corrected chi connectivity index (χ0v) is 17.0. The van der Waals surface area contributed by atoms with Gasteiger partial charge in [0.2, 0.25) is 0 Å². The summed E-state index contributed by atoms with van der Waals surface area (Å²) in [4.78, 5) is 6.92. The second-order valence-corrected chi connectivity index (χ2v) is 9.51. The number of hydrogen-bond donors (Lipinski definition) is 0. The van der Waals surface area contributed by atoms with Crippen molar-refractivity contribution in [2.75, 3.05) is 51.3 Å². The maximum atomic E-state index is 12.7. The van der Waals surface area contributed by atoms with E-state index in [-0.39, 0.29) is 0 Å². The molecule has 2 aliphatic heterocycles. The van der Waals surface area contributed by atoms with Crippen molar-refractivity contribution < 1.29 is 13.2 Å². The monoisotopic (exact) mass is 408 g/mol. The Hall–Kier alpha value is -1.68. The van der Waals surface area contributed by atoms with Crippen molar-refractivity contribution in [3.05, 3.63) is 29.6 Å². The van der Waals surface area contributed by atoms with Gasteiger partial charge in [-0.15, -0.1) is 11.3 Å². The Morgan fingerprint density at radius 2 is 1.59 bits per heavy atom. The van der Waals surface area contributed by atoms with Gasteiger partial charge in [0.1, 0.15) is 5.75 Å². The van der Waals surface area contributed by atoms with E-state index in [0.717, 1.165) is 35.0 Å². The van der Waals surface area contributed by atoms with Crippen LogP contribution >= 0.6 is 11.3 Å². The molecular weight excluding hydrogens is 384 g/mol. The van der Waals surface area contributed by atoms with Crippen molar-refractivity contribution in [2.45, 2.75) is 12.8 Å². The van der Waals surface area contributed by atoms with Gasteiger partial charge in [-0.1, -0.05) is 0 Å². The summed E-state index contributed by atoms with van der Waals surface area (Å²) in [5.41, 5.74) is 1.98. The third-order valence-corrected chi connectivity index (χ3v) is 8.04. The van der Waals surface area contributed by atoms with E-state index in [9.17, 15) is 8.42 Å². The molecule has 146 valence electrons. The number of anilines is 1. The molecule has 0 bridgehead atoms. The summed E-state index contributed by atoms with van der Waals surface area (Å²) in [6.07, 6.45) is 1.93. The Kier molecular flexibility index (Phi) is 5.36. The number of thiazole rings is 1. The molecule has 27 heavy (non-hydrogen) atoms. The van der Waals surface area contributed by atoms with Crippen LogP contribution in [0.15, 0.2) is 29.6 Å². The van der Waals surface area contributed by atoms with Crippen LogP contribution in [0.25, 0.3) is 11.3 Å². The van der Waals surface area contributed by atoms with Crippen molar-refractivity contribution in [1.82, 2.24) is 13.6 Å². The smallest absolute Gasteiger partial charge is 0.282 e. The minimum Gasteiger partial charge on any atom is -0.497 e. The fourth-order valence-electron chi connectivity index (χ4n) is 3.50. The molecule has 0 N–H and O–H groups in total. The van der Waals surface area contributed by atoms with Gasteiger partial charge in [0.15, 0.2) is 5.13 Å². The Bertz CT molecular complexity index is 868. The predicted molar refractivity (Wildman–Crippen MR) is 108 cm³/mol. The summed E-state index contributed by atoms with van der Waals surface area (Å²) in [5, 5.41) is 2.99. The number of nitrogens with zero attached hydrogens (tertiary/aromatic N) is 4. The van der Waals surface area contributed by atoms with Crippen molar-refractivity contribution in [2.24, 2.45) is 0 Å². The van der Waals surface area contributed by atoms with Crippen LogP contribution in [0, 0.1) is 0 Å². The largest absolute Gasteiger partial charge is 0.497 e. The maximum Gasteiger partial charge on any atom is 0.282 e. The quantitative estimate of drug-likeness (QED) is 0.759. The third kappa shape index (κ3) is 3.82. The number of ether oxygens (including phenoxy) is 1. The number of methoxy groups -OCH3 is 1. The molecule has 1 aromatic carbocycles.